The Morgan fingerprint density at radius 1 is 1.33 bits per heavy atom. The van der Waals surface area contributed by atoms with Gasteiger partial charge in [-0.3, -0.25) is 0 Å². The summed E-state index contributed by atoms with van der Waals surface area (Å²) in [5.74, 6) is -4.85. The van der Waals surface area contributed by atoms with E-state index >= 15 is 0 Å². The number of benzene rings is 1. The lowest BCUT2D eigenvalue weighted by atomic mass is 10.1. The average molecular weight is 254 g/mol. The van der Waals surface area contributed by atoms with E-state index in [-0.39, 0.29) is 13.0 Å². The van der Waals surface area contributed by atoms with E-state index in [0.29, 0.717) is 0 Å². The fraction of sp³-hybridized carbons (Fsp3) is 0.357. The lowest BCUT2D eigenvalue weighted by Gasteiger charge is -2.12. The van der Waals surface area contributed by atoms with Gasteiger partial charge in [0.15, 0.2) is 0 Å². The number of carbonyl (C=O) groups is 1. The average Bonchev–Trinajstić information content (AvgIpc) is 2.36. The van der Waals surface area contributed by atoms with Crippen molar-refractivity contribution in [2.75, 3.05) is 6.61 Å². The second-order valence-electron chi connectivity index (χ2n) is 3.78. The number of hydrogen-bond donors (Lipinski definition) is 0. The Morgan fingerprint density at radius 2 is 2.00 bits per heavy atom. The Balaban J connectivity index is 2.41. The molecule has 18 heavy (non-hydrogen) atoms. The fourth-order valence-electron chi connectivity index (χ4n) is 1.39. The molecule has 1 rings (SSSR count). The zero-order valence-electron chi connectivity index (χ0n) is 10.2. The van der Waals surface area contributed by atoms with Gasteiger partial charge in [0.2, 0.25) is 0 Å². The standard InChI is InChI=1S/C14H16F2O2/c1-2-18-13(17)14(15,16)11-7-6-10-12-8-4-3-5-9-12/h3-6,8-10H,2,7,11H2,1H3/b10-6+. The Kier molecular flexibility index (Phi) is 5.49. The molecule has 0 saturated heterocycles. The molecule has 0 bridgehead atoms. The Hall–Kier alpha value is -1.71. The topological polar surface area (TPSA) is 26.3 Å². The van der Waals surface area contributed by atoms with Crippen molar-refractivity contribution in [2.45, 2.75) is 25.7 Å². The molecule has 4 heteroatoms. The molecule has 1 aromatic rings. The molecule has 0 heterocycles. The molecule has 0 spiro atoms. The second-order valence-corrected chi connectivity index (χ2v) is 3.78. The molecule has 0 aromatic heterocycles. The minimum absolute atomic E-state index is 0.0335. The van der Waals surface area contributed by atoms with Crippen LogP contribution in [0.2, 0.25) is 0 Å². The normalized spacial score (nSPS) is 11.7. The van der Waals surface area contributed by atoms with Gasteiger partial charge in [-0.1, -0.05) is 42.5 Å². The van der Waals surface area contributed by atoms with Crippen molar-refractivity contribution in [3.05, 3.63) is 42.0 Å². The lowest BCUT2D eigenvalue weighted by molar-refractivity contribution is -0.172. The van der Waals surface area contributed by atoms with E-state index in [1.54, 1.807) is 12.2 Å². The van der Waals surface area contributed by atoms with Crippen molar-refractivity contribution in [1.82, 2.24) is 0 Å². The summed E-state index contributed by atoms with van der Waals surface area (Å²) in [6, 6.07) is 9.37. The number of halogens is 2. The molecule has 0 aliphatic rings. The minimum Gasteiger partial charge on any atom is -0.462 e. The third kappa shape index (κ3) is 4.65. The highest BCUT2D eigenvalue weighted by Gasteiger charge is 2.39. The van der Waals surface area contributed by atoms with E-state index in [0.717, 1.165) is 5.56 Å². The predicted molar refractivity (Wildman–Crippen MR) is 66.3 cm³/mol. The molecule has 1 aromatic carbocycles. The van der Waals surface area contributed by atoms with Crippen LogP contribution in [0.1, 0.15) is 25.3 Å². The molecule has 0 aliphatic heterocycles. The van der Waals surface area contributed by atoms with Crippen molar-refractivity contribution >= 4 is 12.0 Å². The molecule has 2 nitrogen and oxygen atoms in total. The summed E-state index contributed by atoms with van der Waals surface area (Å²) < 4.78 is 30.8. The summed E-state index contributed by atoms with van der Waals surface area (Å²) >= 11 is 0. The molecular weight excluding hydrogens is 238 g/mol. The van der Waals surface area contributed by atoms with Gasteiger partial charge in [-0.25, -0.2) is 4.79 Å². The first-order valence-electron chi connectivity index (χ1n) is 5.83. The van der Waals surface area contributed by atoms with Crippen LogP contribution in [0.4, 0.5) is 8.78 Å². The highest BCUT2D eigenvalue weighted by molar-refractivity contribution is 5.77. The van der Waals surface area contributed by atoms with Crippen LogP contribution in [0, 0.1) is 0 Å². The third-order valence-electron chi connectivity index (χ3n) is 2.31. The van der Waals surface area contributed by atoms with Crippen LogP contribution >= 0.6 is 0 Å². The van der Waals surface area contributed by atoms with Gasteiger partial charge in [-0.05, 0) is 18.9 Å². The number of alkyl halides is 2. The number of hydrogen-bond acceptors (Lipinski definition) is 2. The fourth-order valence-corrected chi connectivity index (χ4v) is 1.39. The van der Waals surface area contributed by atoms with Gasteiger partial charge in [-0.2, -0.15) is 8.78 Å². The quantitative estimate of drug-likeness (QED) is 0.724. The first-order valence-corrected chi connectivity index (χ1v) is 5.83. The highest BCUT2D eigenvalue weighted by atomic mass is 19.3. The monoisotopic (exact) mass is 254 g/mol. The van der Waals surface area contributed by atoms with Crippen LogP contribution in [0.3, 0.4) is 0 Å². The van der Waals surface area contributed by atoms with Crippen molar-refractivity contribution in [3.63, 3.8) is 0 Å². The zero-order valence-corrected chi connectivity index (χ0v) is 10.2. The molecule has 98 valence electrons. The zero-order chi connectivity index (χ0) is 13.4. The molecule has 0 N–H and O–H groups in total. The number of ether oxygens (including phenoxy) is 1. The number of allylic oxidation sites excluding steroid dienone is 1. The molecule has 0 aliphatic carbocycles. The summed E-state index contributed by atoms with van der Waals surface area (Å²) in [4.78, 5) is 10.9. The van der Waals surface area contributed by atoms with Gasteiger partial charge in [0.25, 0.3) is 0 Å². The van der Waals surface area contributed by atoms with Crippen LogP contribution in [-0.2, 0) is 9.53 Å². The predicted octanol–water partition coefficient (Wildman–Crippen LogP) is 3.68. The van der Waals surface area contributed by atoms with E-state index < -0.39 is 18.3 Å². The minimum atomic E-state index is -3.41. The maximum atomic E-state index is 13.2. The maximum absolute atomic E-state index is 13.2. The molecule has 0 fully saturated rings. The summed E-state index contributed by atoms with van der Waals surface area (Å²) in [6.45, 7) is 1.47. The van der Waals surface area contributed by atoms with Gasteiger partial charge >= 0.3 is 11.9 Å². The summed E-state index contributed by atoms with van der Waals surface area (Å²) in [7, 11) is 0. The van der Waals surface area contributed by atoms with E-state index in [2.05, 4.69) is 4.74 Å². The number of esters is 1. The Morgan fingerprint density at radius 3 is 2.61 bits per heavy atom. The van der Waals surface area contributed by atoms with Gasteiger partial charge in [0, 0.05) is 6.42 Å². The summed E-state index contributed by atoms with van der Waals surface area (Å²) in [5, 5.41) is 0. The van der Waals surface area contributed by atoms with E-state index in [4.69, 9.17) is 0 Å². The van der Waals surface area contributed by atoms with E-state index in [1.807, 2.05) is 30.3 Å². The second kappa shape index (κ2) is 6.89. The van der Waals surface area contributed by atoms with Gasteiger partial charge < -0.3 is 4.74 Å². The summed E-state index contributed by atoms with van der Waals surface area (Å²) in [6.07, 6.45) is 2.97. The third-order valence-corrected chi connectivity index (χ3v) is 2.31. The maximum Gasteiger partial charge on any atom is 0.376 e. The SMILES string of the molecule is CCOC(=O)C(F)(F)CC/C=C/c1ccccc1. The van der Waals surface area contributed by atoms with Crippen molar-refractivity contribution < 1.29 is 18.3 Å². The Bertz CT molecular complexity index is 400. The van der Waals surface area contributed by atoms with Crippen LogP contribution in [-0.4, -0.2) is 18.5 Å². The van der Waals surface area contributed by atoms with Crippen molar-refractivity contribution in [1.29, 1.82) is 0 Å². The molecule has 0 unspecified atom stereocenters. The molecule has 0 radical (unpaired) electrons. The van der Waals surface area contributed by atoms with Crippen molar-refractivity contribution in [2.24, 2.45) is 0 Å². The number of rotatable bonds is 6. The molecule has 0 saturated carbocycles. The smallest absolute Gasteiger partial charge is 0.376 e. The highest BCUT2D eigenvalue weighted by Crippen LogP contribution is 2.22. The van der Waals surface area contributed by atoms with Gasteiger partial charge in [0.05, 0.1) is 6.61 Å². The van der Waals surface area contributed by atoms with E-state index in [1.165, 1.54) is 6.92 Å². The Labute approximate surface area is 105 Å². The largest absolute Gasteiger partial charge is 0.462 e. The van der Waals surface area contributed by atoms with Crippen molar-refractivity contribution in [3.8, 4) is 0 Å². The molecular formula is C14H16F2O2. The van der Waals surface area contributed by atoms with Crippen LogP contribution in [0.5, 0.6) is 0 Å². The first-order chi connectivity index (χ1) is 8.56. The van der Waals surface area contributed by atoms with E-state index in [9.17, 15) is 13.6 Å². The van der Waals surface area contributed by atoms with Gasteiger partial charge in [-0.15, -0.1) is 0 Å². The van der Waals surface area contributed by atoms with Crippen LogP contribution < -0.4 is 0 Å². The first kappa shape index (κ1) is 14.4. The van der Waals surface area contributed by atoms with Crippen LogP contribution in [0.25, 0.3) is 6.08 Å². The number of carbonyl (C=O) groups excluding carboxylic acids is 1. The molecule has 0 atom stereocenters. The van der Waals surface area contributed by atoms with Gasteiger partial charge in [0.1, 0.15) is 0 Å². The lowest BCUT2D eigenvalue weighted by Crippen LogP contribution is -2.30. The van der Waals surface area contributed by atoms with Crippen LogP contribution in [0.15, 0.2) is 36.4 Å². The summed E-state index contributed by atoms with van der Waals surface area (Å²) in [5.41, 5.74) is 0.942. The molecule has 0 amide bonds.